The maximum atomic E-state index is 12.5. The smallest absolute Gasteiger partial charge is 0.238 e. The zero-order chi connectivity index (χ0) is 14.3. The highest BCUT2D eigenvalue weighted by atomic mass is 35.5. The average Bonchev–Trinajstić information content (AvgIpc) is 2.70. The molecule has 1 aromatic rings. The molecule has 0 aromatic heterocycles. The lowest BCUT2D eigenvalue weighted by atomic mass is 9.85. The SMILES string of the molecule is COc1cccc(N2C(=O)[C@H]3CC=C(Cl)C[C@H]3C2=O)c1. The summed E-state index contributed by atoms with van der Waals surface area (Å²) >= 11 is 6.00. The van der Waals surface area contributed by atoms with E-state index in [0.717, 1.165) is 0 Å². The lowest BCUT2D eigenvalue weighted by Gasteiger charge is -2.17. The van der Waals surface area contributed by atoms with Crippen molar-refractivity contribution in [1.29, 1.82) is 0 Å². The second-order valence-corrected chi connectivity index (χ2v) is 5.50. The molecule has 2 atom stereocenters. The summed E-state index contributed by atoms with van der Waals surface area (Å²) < 4.78 is 5.14. The monoisotopic (exact) mass is 291 g/mol. The van der Waals surface area contributed by atoms with Gasteiger partial charge in [-0.3, -0.25) is 9.59 Å². The molecule has 0 radical (unpaired) electrons. The number of carbonyl (C=O) groups is 2. The summed E-state index contributed by atoms with van der Waals surface area (Å²) in [5.74, 6) is -0.301. The fourth-order valence-corrected chi connectivity index (χ4v) is 3.09. The Morgan fingerprint density at radius 2 is 2.00 bits per heavy atom. The number of imide groups is 1. The molecular formula is C15H14ClNO3. The molecule has 2 aliphatic rings. The number of hydrogen-bond donors (Lipinski definition) is 0. The first-order valence-corrected chi connectivity index (χ1v) is 6.86. The van der Waals surface area contributed by atoms with Crippen molar-refractivity contribution < 1.29 is 14.3 Å². The Hall–Kier alpha value is -1.81. The molecule has 5 heteroatoms. The number of halogens is 1. The number of rotatable bonds is 2. The van der Waals surface area contributed by atoms with Gasteiger partial charge in [0.15, 0.2) is 0 Å². The molecule has 104 valence electrons. The molecular weight excluding hydrogens is 278 g/mol. The van der Waals surface area contributed by atoms with Crippen molar-refractivity contribution in [2.45, 2.75) is 12.8 Å². The van der Waals surface area contributed by atoms with Gasteiger partial charge in [0, 0.05) is 11.1 Å². The van der Waals surface area contributed by atoms with Crippen molar-refractivity contribution in [2.24, 2.45) is 11.8 Å². The van der Waals surface area contributed by atoms with Crippen LogP contribution in [0.5, 0.6) is 5.75 Å². The second-order valence-electron chi connectivity index (χ2n) is 5.02. The van der Waals surface area contributed by atoms with Crippen LogP contribution >= 0.6 is 11.6 Å². The summed E-state index contributed by atoms with van der Waals surface area (Å²) in [6.45, 7) is 0. The molecule has 1 saturated heterocycles. The number of methoxy groups -OCH3 is 1. The van der Waals surface area contributed by atoms with Gasteiger partial charge in [-0.05, 0) is 25.0 Å². The van der Waals surface area contributed by atoms with E-state index in [9.17, 15) is 9.59 Å². The van der Waals surface area contributed by atoms with Crippen LogP contribution in [-0.4, -0.2) is 18.9 Å². The maximum Gasteiger partial charge on any atom is 0.238 e. The number of carbonyl (C=O) groups excluding carboxylic acids is 2. The van der Waals surface area contributed by atoms with E-state index in [1.54, 1.807) is 31.4 Å². The Balaban J connectivity index is 1.95. The van der Waals surface area contributed by atoms with Crippen molar-refractivity contribution in [3.05, 3.63) is 35.4 Å². The fourth-order valence-electron chi connectivity index (χ4n) is 2.83. The second kappa shape index (κ2) is 4.94. The van der Waals surface area contributed by atoms with Gasteiger partial charge in [0.1, 0.15) is 5.75 Å². The van der Waals surface area contributed by atoms with Crippen molar-refractivity contribution in [1.82, 2.24) is 0 Å². The minimum absolute atomic E-state index is 0.145. The molecule has 20 heavy (non-hydrogen) atoms. The van der Waals surface area contributed by atoms with Crippen LogP contribution < -0.4 is 9.64 Å². The third-order valence-electron chi connectivity index (χ3n) is 3.88. The number of fused-ring (bicyclic) bond motifs is 1. The minimum atomic E-state index is -0.328. The highest BCUT2D eigenvalue weighted by Gasteiger charge is 2.48. The van der Waals surface area contributed by atoms with Gasteiger partial charge in [-0.2, -0.15) is 0 Å². The lowest BCUT2D eigenvalue weighted by molar-refractivity contribution is -0.122. The van der Waals surface area contributed by atoms with Gasteiger partial charge in [-0.1, -0.05) is 23.7 Å². The summed E-state index contributed by atoms with van der Waals surface area (Å²) in [5, 5.41) is 0.667. The quantitative estimate of drug-likeness (QED) is 0.787. The Morgan fingerprint density at radius 1 is 1.25 bits per heavy atom. The van der Waals surface area contributed by atoms with Crippen LogP contribution in [0.25, 0.3) is 0 Å². The van der Waals surface area contributed by atoms with Gasteiger partial charge in [-0.25, -0.2) is 4.90 Å². The van der Waals surface area contributed by atoms with Crippen LogP contribution in [0, 0.1) is 11.8 Å². The largest absolute Gasteiger partial charge is 0.497 e. The average molecular weight is 292 g/mol. The molecule has 0 unspecified atom stereocenters. The Labute approximate surface area is 122 Å². The Bertz CT molecular complexity index is 611. The number of benzene rings is 1. The van der Waals surface area contributed by atoms with E-state index in [1.165, 1.54) is 4.90 Å². The highest BCUT2D eigenvalue weighted by molar-refractivity contribution is 6.30. The predicted molar refractivity (Wildman–Crippen MR) is 75.6 cm³/mol. The first kappa shape index (κ1) is 13.2. The van der Waals surface area contributed by atoms with Crippen LogP contribution in [0.4, 0.5) is 5.69 Å². The molecule has 1 aromatic carbocycles. The first-order chi connectivity index (χ1) is 9.61. The minimum Gasteiger partial charge on any atom is -0.497 e. The van der Waals surface area contributed by atoms with E-state index in [4.69, 9.17) is 16.3 Å². The topological polar surface area (TPSA) is 46.6 Å². The molecule has 2 amide bonds. The molecule has 1 fully saturated rings. The Kier molecular flexibility index (Phi) is 3.26. The van der Waals surface area contributed by atoms with Crippen LogP contribution in [-0.2, 0) is 9.59 Å². The fraction of sp³-hybridized carbons (Fsp3) is 0.333. The van der Waals surface area contributed by atoms with Crippen molar-refractivity contribution in [3.8, 4) is 5.75 Å². The van der Waals surface area contributed by atoms with Gasteiger partial charge < -0.3 is 4.74 Å². The molecule has 1 aliphatic heterocycles. The zero-order valence-electron chi connectivity index (χ0n) is 11.0. The van der Waals surface area contributed by atoms with Gasteiger partial charge in [0.25, 0.3) is 0 Å². The van der Waals surface area contributed by atoms with E-state index in [-0.39, 0.29) is 23.7 Å². The summed E-state index contributed by atoms with van der Waals surface area (Å²) in [5.41, 5.74) is 0.560. The van der Waals surface area contributed by atoms with Gasteiger partial charge in [0.05, 0.1) is 24.6 Å². The van der Waals surface area contributed by atoms with Gasteiger partial charge in [-0.15, -0.1) is 0 Å². The van der Waals surface area contributed by atoms with Gasteiger partial charge >= 0.3 is 0 Å². The van der Waals surface area contributed by atoms with Gasteiger partial charge in [0.2, 0.25) is 11.8 Å². The number of ether oxygens (including phenoxy) is 1. The molecule has 0 N–H and O–H groups in total. The molecule has 3 rings (SSSR count). The van der Waals surface area contributed by atoms with Crippen LogP contribution in [0.15, 0.2) is 35.4 Å². The predicted octanol–water partition coefficient (Wildman–Crippen LogP) is 2.72. The summed E-state index contributed by atoms with van der Waals surface area (Å²) in [6.07, 6.45) is 2.83. The third-order valence-corrected chi connectivity index (χ3v) is 4.19. The number of nitrogens with zero attached hydrogens (tertiary/aromatic N) is 1. The molecule has 1 heterocycles. The van der Waals surface area contributed by atoms with Crippen LogP contribution in [0.1, 0.15) is 12.8 Å². The van der Waals surface area contributed by atoms with Crippen molar-refractivity contribution >= 4 is 29.1 Å². The summed E-state index contributed by atoms with van der Waals surface area (Å²) in [7, 11) is 1.55. The molecule has 0 spiro atoms. The van der Waals surface area contributed by atoms with E-state index in [2.05, 4.69) is 0 Å². The maximum absolute atomic E-state index is 12.5. The molecule has 1 aliphatic carbocycles. The Morgan fingerprint density at radius 3 is 2.75 bits per heavy atom. The van der Waals surface area contributed by atoms with E-state index in [1.807, 2.05) is 6.08 Å². The summed E-state index contributed by atoms with van der Waals surface area (Å²) in [6, 6.07) is 6.98. The van der Waals surface area contributed by atoms with Crippen LogP contribution in [0.3, 0.4) is 0 Å². The number of allylic oxidation sites excluding steroid dienone is 2. The van der Waals surface area contributed by atoms with Crippen molar-refractivity contribution in [3.63, 3.8) is 0 Å². The van der Waals surface area contributed by atoms with E-state index in [0.29, 0.717) is 29.3 Å². The molecule has 0 saturated carbocycles. The lowest BCUT2D eigenvalue weighted by Crippen LogP contribution is -2.30. The highest BCUT2D eigenvalue weighted by Crippen LogP contribution is 2.41. The normalized spacial score (nSPS) is 25.5. The van der Waals surface area contributed by atoms with E-state index >= 15 is 0 Å². The number of hydrogen-bond acceptors (Lipinski definition) is 3. The van der Waals surface area contributed by atoms with Crippen molar-refractivity contribution in [2.75, 3.05) is 12.0 Å². The van der Waals surface area contributed by atoms with E-state index < -0.39 is 0 Å². The molecule has 4 nitrogen and oxygen atoms in total. The number of amides is 2. The first-order valence-electron chi connectivity index (χ1n) is 6.48. The van der Waals surface area contributed by atoms with Crippen LogP contribution in [0.2, 0.25) is 0 Å². The standard InChI is InChI=1S/C15H14ClNO3/c1-20-11-4-2-3-10(8-11)17-14(18)12-6-5-9(16)7-13(12)15(17)19/h2-5,8,12-13H,6-7H2,1H3/t12-,13+/m0/s1. The molecule has 0 bridgehead atoms. The number of anilines is 1. The zero-order valence-corrected chi connectivity index (χ0v) is 11.8. The summed E-state index contributed by atoms with van der Waals surface area (Å²) in [4.78, 5) is 26.2. The third kappa shape index (κ3) is 2.00.